The third kappa shape index (κ3) is 3.76. The number of hydrogen-bond acceptors (Lipinski definition) is 1. The average molecular weight is 157 g/mol. The number of rotatable bonds is 1. The van der Waals surface area contributed by atoms with Gasteiger partial charge in [-0.1, -0.05) is 46.0 Å². The van der Waals surface area contributed by atoms with Crippen LogP contribution >= 0.6 is 0 Å². The lowest BCUT2D eigenvalue weighted by Gasteiger charge is -2.27. The fourth-order valence-corrected chi connectivity index (χ4v) is 2.00. The summed E-state index contributed by atoms with van der Waals surface area (Å²) in [6, 6.07) is 0. The molecule has 0 radical (unpaired) electrons. The molecule has 0 heterocycles. The molecule has 1 heteroatoms. The van der Waals surface area contributed by atoms with Crippen molar-refractivity contribution in [2.45, 2.75) is 46.0 Å². The predicted molar refractivity (Wildman–Crippen MR) is 51.5 cm³/mol. The van der Waals surface area contributed by atoms with E-state index >= 15 is 0 Å². The molecule has 2 atom stereocenters. The zero-order valence-corrected chi connectivity index (χ0v) is 8.27. The summed E-state index contributed by atoms with van der Waals surface area (Å²) in [5.74, 6) is 2.07. The molecule has 0 aromatic carbocycles. The molecule has 1 aliphatic carbocycles. The third-order valence-corrected chi connectivity index (χ3v) is 2.81. The van der Waals surface area contributed by atoms with Gasteiger partial charge in [0, 0.05) is 0 Å². The molecule has 0 amide bonds. The molecule has 0 aromatic rings. The summed E-state index contributed by atoms with van der Waals surface area (Å²) in [6.07, 6.45) is 7.36. The minimum atomic E-state index is 1.02. The van der Waals surface area contributed by atoms with Gasteiger partial charge >= 0.3 is 0 Å². The topological polar surface area (TPSA) is 26.0 Å². The van der Waals surface area contributed by atoms with Crippen molar-refractivity contribution in [3.63, 3.8) is 0 Å². The van der Waals surface area contributed by atoms with Crippen LogP contribution in [0.2, 0.25) is 0 Å². The Labute approximate surface area is 71.4 Å². The Bertz CT molecular complexity index is 80.9. The molecule has 0 bridgehead atoms. The Morgan fingerprint density at radius 1 is 1.18 bits per heavy atom. The van der Waals surface area contributed by atoms with Crippen LogP contribution in [0.15, 0.2) is 0 Å². The highest BCUT2D eigenvalue weighted by atomic mass is 14.4. The second-order valence-corrected chi connectivity index (χ2v) is 3.43. The van der Waals surface area contributed by atoms with Gasteiger partial charge in [-0.2, -0.15) is 0 Å². The SMILES string of the molecule is CCC1CCCCC1C.CN. The van der Waals surface area contributed by atoms with E-state index in [0.29, 0.717) is 0 Å². The molecular weight excluding hydrogens is 134 g/mol. The monoisotopic (exact) mass is 157 g/mol. The Morgan fingerprint density at radius 3 is 2.09 bits per heavy atom. The van der Waals surface area contributed by atoms with Gasteiger partial charge in [-0.25, -0.2) is 0 Å². The summed E-state index contributed by atoms with van der Waals surface area (Å²) in [6.45, 7) is 4.74. The molecule has 1 aliphatic rings. The van der Waals surface area contributed by atoms with Crippen LogP contribution in [0.25, 0.3) is 0 Å². The van der Waals surface area contributed by atoms with E-state index in [1.807, 2.05) is 0 Å². The third-order valence-electron chi connectivity index (χ3n) is 2.81. The van der Waals surface area contributed by atoms with Crippen molar-refractivity contribution in [2.24, 2.45) is 17.6 Å². The quantitative estimate of drug-likeness (QED) is 0.622. The molecule has 0 saturated heterocycles. The molecule has 0 aliphatic heterocycles. The van der Waals surface area contributed by atoms with Gasteiger partial charge in [0.1, 0.15) is 0 Å². The van der Waals surface area contributed by atoms with E-state index in [2.05, 4.69) is 19.6 Å². The minimum absolute atomic E-state index is 1.02. The Balaban J connectivity index is 0.000000461. The van der Waals surface area contributed by atoms with E-state index in [1.165, 1.54) is 39.2 Å². The van der Waals surface area contributed by atoms with Crippen LogP contribution in [0.4, 0.5) is 0 Å². The predicted octanol–water partition coefficient (Wildman–Crippen LogP) is 2.80. The largest absolute Gasteiger partial charge is 0.333 e. The van der Waals surface area contributed by atoms with Gasteiger partial charge < -0.3 is 5.73 Å². The van der Waals surface area contributed by atoms with Crippen LogP contribution < -0.4 is 5.73 Å². The van der Waals surface area contributed by atoms with Crippen LogP contribution in [0.5, 0.6) is 0 Å². The van der Waals surface area contributed by atoms with Gasteiger partial charge in [0.05, 0.1) is 0 Å². The number of nitrogens with two attached hydrogens (primary N) is 1. The summed E-state index contributed by atoms with van der Waals surface area (Å²) < 4.78 is 0. The van der Waals surface area contributed by atoms with Crippen molar-refractivity contribution in [2.75, 3.05) is 7.05 Å². The van der Waals surface area contributed by atoms with Crippen molar-refractivity contribution < 1.29 is 0 Å². The van der Waals surface area contributed by atoms with Gasteiger partial charge in [-0.05, 0) is 18.9 Å². The van der Waals surface area contributed by atoms with E-state index in [0.717, 1.165) is 11.8 Å². The second-order valence-electron chi connectivity index (χ2n) is 3.43. The van der Waals surface area contributed by atoms with E-state index in [4.69, 9.17) is 0 Å². The molecule has 1 rings (SSSR count). The highest BCUT2D eigenvalue weighted by Crippen LogP contribution is 2.31. The first-order chi connectivity index (χ1) is 5.34. The maximum Gasteiger partial charge on any atom is -0.0195 e. The van der Waals surface area contributed by atoms with Gasteiger partial charge in [-0.15, -0.1) is 0 Å². The van der Waals surface area contributed by atoms with E-state index in [1.54, 1.807) is 0 Å². The Hall–Kier alpha value is -0.0400. The standard InChI is InChI=1S/C9H18.CH5N/c1-3-9-7-5-4-6-8(9)2;1-2/h8-9H,3-7H2,1-2H3;2H2,1H3. The summed E-state index contributed by atoms with van der Waals surface area (Å²) in [4.78, 5) is 0. The van der Waals surface area contributed by atoms with Crippen LogP contribution in [0, 0.1) is 11.8 Å². The highest BCUT2D eigenvalue weighted by molar-refractivity contribution is 4.70. The Morgan fingerprint density at radius 2 is 1.73 bits per heavy atom. The van der Waals surface area contributed by atoms with Crippen molar-refractivity contribution in [1.82, 2.24) is 0 Å². The summed E-state index contributed by atoms with van der Waals surface area (Å²) >= 11 is 0. The van der Waals surface area contributed by atoms with E-state index < -0.39 is 0 Å². The number of hydrogen-bond donors (Lipinski definition) is 1. The molecule has 11 heavy (non-hydrogen) atoms. The minimum Gasteiger partial charge on any atom is -0.333 e. The lowest BCUT2D eigenvalue weighted by molar-refractivity contribution is 0.249. The van der Waals surface area contributed by atoms with Gasteiger partial charge in [0.15, 0.2) is 0 Å². The summed E-state index contributed by atoms with van der Waals surface area (Å²) in [7, 11) is 1.50. The molecule has 68 valence electrons. The fraction of sp³-hybridized carbons (Fsp3) is 1.00. The maximum absolute atomic E-state index is 4.50. The lowest BCUT2D eigenvalue weighted by Crippen LogP contribution is -2.15. The first-order valence-electron chi connectivity index (χ1n) is 4.92. The van der Waals surface area contributed by atoms with Crippen molar-refractivity contribution in [1.29, 1.82) is 0 Å². The normalized spacial score (nSPS) is 30.5. The zero-order valence-electron chi connectivity index (χ0n) is 8.27. The first-order valence-corrected chi connectivity index (χ1v) is 4.92. The van der Waals surface area contributed by atoms with Crippen LogP contribution in [0.3, 0.4) is 0 Å². The zero-order chi connectivity index (χ0) is 8.69. The van der Waals surface area contributed by atoms with Crippen LogP contribution in [-0.4, -0.2) is 7.05 Å². The highest BCUT2D eigenvalue weighted by Gasteiger charge is 2.18. The van der Waals surface area contributed by atoms with Gasteiger partial charge in [0.25, 0.3) is 0 Å². The molecule has 2 unspecified atom stereocenters. The fourth-order valence-electron chi connectivity index (χ4n) is 2.00. The first kappa shape index (κ1) is 11.0. The van der Waals surface area contributed by atoms with Crippen LogP contribution in [-0.2, 0) is 0 Å². The average Bonchev–Trinajstić information content (AvgIpc) is 2.09. The molecule has 0 aromatic heterocycles. The maximum atomic E-state index is 4.50. The molecule has 1 nitrogen and oxygen atoms in total. The van der Waals surface area contributed by atoms with E-state index in [9.17, 15) is 0 Å². The lowest BCUT2D eigenvalue weighted by atomic mass is 9.79. The second kappa shape index (κ2) is 6.66. The van der Waals surface area contributed by atoms with E-state index in [-0.39, 0.29) is 0 Å². The molecule has 1 fully saturated rings. The summed E-state index contributed by atoms with van der Waals surface area (Å²) in [5, 5.41) is 0. The molecule has 2 N–H and O–H groups in total. The molecular formula is C10H23N. The van der Waals surface area contributed by atoms with Gasteiger partial charge in [-0.3, -0.25) is 0 Å². The van der Waals surface area contributed by atoms with Crippen molar-refractivity contribution in [3.05, 3.63) is 0 Å². The smallest absolute Gasteiger partial charge is 0.0195 e. The van der Waals surface area contributed by atoms with Gasteiger partial charge in [0.2, 0.25) is 0 Å². The van der Waals surface area contributed by atoms with Crippen molar-refractivity contribution in [3.8, 4) is 0 Å². The summed E-state index contributed by atoms with van der Waals surface area (Å²) in [5.41, 5.74) is 4.50. The molecule has 1 saturated carbocycles. The molecule has 0 spiro atoms. The van der Waals surface area contributed by atoms with Crippen LogP contribution in [0.1, 0.15) is 46.0 Å². The van der Waals surface area contributed by atoms with Crippen molar-refractivity contribution >= 4 is 0 Å². The Kier molecular flexibility index (Phi) is 6.63.